The van der Waals surface area contributed by atoms with E-state index in [1.165, 1.54) is 0 Å². The van der Waals surface area contributed by atoms with Gasteiger partial charge in [0, 0.05) is 11.3 Å². The third-order valence-corrected chi connectivity index (χ3v) is 5.05. The zero-order chi connectivity index (χ0) is 21.5. The monoisotopic (exact) mass is 430 g/mol. The molecule has 2 amide bonds. The van der Waals surface area contributed by atoms with Crippen molar-refractivity contribution in [1.29, 1.82) is 0 Å². The maximum atomic E-state index is 12.6. The SMILES string of the molecule is O=C(CSc1nnc(-c2ccccc2)o1)Nc1ccccc1C(=O)Nc1ccccc1. The molecule has 3 aromatic carbocycles. The van der Waals surface area contributed by atoms with Crippen molar-refractivity contribution < 1.29 is 14.0 Å². The Balaban J connectivity index is 1.37. The van der Waals surface area contributed by atoms with Crippen molar-refractivity contribution in [3.05, 3.63) is 90.5 Å². The van der Waals surface area contributed by atoms with E-state index in [1.807, 2.05) is 48.5 Å². The lowest BCUT2D eigenvalue weighted by atomic mass is 10.1. The summed E-state index contributed by atoms with van der Waals surface area (Å²) in [6.07, 6.45) is 0. The van der Waals surface area contributed by atoms with Crippen LogP contribution in [0.15, 0.2) is 94.6 Å². The summed E-state index contributed by atoms with van der Waals surface area (Å²) >= 11 is 1.13. The fourth-order valence-corrected chi connectivity index (χ4v) is 3.35. The molecular weight excluding hydrogens is 412 g/mol. The third kappa shape index (κ3) is 5.37. The third-order valence-electron chi connectivity index (χ3n) is 4.23. The van der Waals surface area contributed by atoms with Crippen LogP contribution in [0.3, 0.4) is 0 Å². The van der Waals surface area contributed by atoms with Crippen LogP contribution >= 0.6 is 11.8 Å². The summed E-state index contributed by atoms with van der Waals surface area (Å²) in [4.78, 5) is 25.1. The van der Waals surface area contributed by atoms with E-state index in [0.717, 1.165) is 17.3 Å². The van der Waals surface area contributed by atoms with Crippen LogP contribution in [-0.2, 0) is 4.79 Å². The number of hydrogen-bond donors (Lipinski definition) is 2. The average Bonchev–Trinajstić information content (AvgIpc) is 3.28. The molecule has 0 radical (unpaired) electrons. The van der Waals surface area contributed by atoms with E-state index >= 15 is 0 Å². The number of carbonyl (C=O) groups is 2. The number of hydrogen-bond acceptors (Lipinski definition) is 6. The summed E-state index contributed by atoms with van der Waals surface area (Å²) in [6.45, 7) is 0. The smallest absolute Gasteiger partial charge is 0.277 e. The van der Waals surface area contributed by atoms with E-state index in [0.29, 0.717) is 28.1 Å². The molecule has 0 aliphatic rings. The average molecular weight is 430 g/mol. The Morgan fingerprint density at radius 1 is 0.806 bits per heavy atom. The van der Waals surface area contributed by atoms with E-state index in [-0.39, 0.29) is 17.6 Å². The Labute approximate surface area is 182 Å². The molecule has 2 N–H and O–H groups in total. The van der Waals surface area contributed by atoms with Crippen molar-refractivity contribution in [3.8, 4) is 11.5 Å². The molecular formula is C23H18N4O3S. The van der Waals surface area contributed by atoms with Crippen LogP contribution in [0.4, 0.5) is 11.4 Å². The van der Waals surface area contributed by atoms with E-state index in [1.54, 1.807) is 36.4 Å². The zero-order valence-electron chi connectivity index (χ0n) is 16.3. The standard InChI is InChI=1S/C23H18N4O3S/c28-20(15-31-23-27-26-22(30-23)16-9-3-1-4-10-16)25-19-14-8-7-13-18(19)21(29)24-17-11-5-2-6-12-17/h1-14H,15H2,(H,24,29)(H,25,28). The lowest BCUT2D eigenvalue weighted by molar-refractivity contribution is -0.113. The van der Waals surface area contributed by atoms with Crippen molar-refractivity contribution in [2.24, 2.45) is 0 Å². The number of rotatable bonds is 7. The number of carbonyl (C=O) groups excluding carboxylic acids is 2. The van der Waals surface area contributed by atoms with Gasteiger partial charge in [0.05, 0.1) is 17.0 Å². The fourth-order valence-electron chi connectivity index (χ4n) is 2.79. The number of nitrogens with zero attached hydrogens (tertiary/aromatic N) is 2. The Morgan fingerprint density at radius 2 is 1.48 bits per heavy atom. The molecule has 0 atom stereocenters. The topological polar surface area (TPSA) is 97.1 Å². The largest absolute Gasteiger partial charge is 0.411 e. The van der Waals surface area contributed by atoms with Crippen LogP contribution in [0.2, 0.25) is 0 Å². The molecule has 154 valence electrons. The highest BCUT2D eigenvalue weighted by atomic mass is 32.2. The first kappa shape index (κ1) is 20.4. The number of thioether (sulfide) groups is 1. The van der Waals surface area contributed by atoms with Gasteiger partial charge in [0.1, 0.15) is 0 Å². The van der Waals surface area contributed by atoms with Gasteiger partial charge in [-0.2, -0.15) is 0 Å². The van der Waals surface area contributed by atoms with Crippen molar-refractivity contribution in [2.45, 2.75) is 5.22 Å². The van der Waals surface area contributed by atoms with E-state index in [9.17, 15) is 9.59 Å². The van der Waals surface area contributed by atoms with Crippen LogP contribution in [0, 0.1) is 0 Å². The molecule has 0 saturated heterocycles. The number of anilines is 2. The number of benzene rings is 3. The lowest BCUT2D eigenvalue weighted by Gasteiger charge is -2.11. The predicted octanol–water partition coefficient (Wildman–Crippen LogP) is 4.72. The summed E-state index contributed by atoms with van der Waals surface area (Å²) in [7, 11) is 0. The van der Waals surface area contributed by atoms with Gasteiger partial charge in [-0.05, 0) is 36.4 Å². The van der Waals surface area contributed by atoms with Gasteiger partial charge in [-0.3, -0.25) is 9.59 Å². The molecule has 31 heavy (non-hydrogen) atoms. The van der Waals surface area contributed by atoms with Gasteiger partial charge in [-0.15, -0.1) is 10.2 Å². The second-order valence-corrected chi connectivity index (χ2v) is 7.37. The molecule has 8 heteroatoms. The van der Waals surface area contributed by atoms with Crippen LogP contribution in [0.5, 0.6) is 0 Å². The highest BCUT2D eigenvalue weighted by Gasteiger charge is 2.15. The van der Waals surface area contributed by atoms with Gasteiger partial charge in [0.25, 0.3) is 11.1 Å². The molecule has 0 fully saturated rings. The van der Waals surface area contributed by atoms with Crippen LogP contribution < -0.4 is 10.6 Å². The molecule has 0 aliphatic heterocycles. The molecule has 4 rings (SSSR count). The highest BCUT2D eigenvalue weighted by Crippen LogP contribution is 2.23. The molecule has 1 heterocycles. The number of nitrogens with one attached hydrogen (secondary N) is 2. The van der Waals surface area contributed by atoms with E-state index in [4.69, 9.17) is 4.42 Å². The Kier molecular flexibility index (Phi) is 6.39. The molecule has 0 aliphatic carbocycles. The van der Waals surface area contributed by atoms with Crippen molar-refractivity contribution >= 4 is 35.0 Å². The normalized spacial score (nSPS) is 10.5. The second kappa shape index (κ2) is 9.73. The van der Waals surface area contributed by atoms with E-state index in [2.05, 4.69) is 20.8 Å². The van der Waals surface area contributed by atoms with Crippen molar-refractivity contribution in [1.82, 2.24) is 10.2 Å². The first-order valence-corrected chi connectivity index (χ1v) is 10.4. The maximum Gasteiger partial charge on any atom is 0.277 e. The summed E-state index contributed by atoms with van der Waals surface area (Å²) in [6, 6.07) is 25.4. The zero-order valence-corrected chi connectivity index (χ0v) is 17.1. The van der Waals surface area contributed by atoms with E-state index < -0.39 is 0 Å². The number of para-hydroxylation sites is 2. The van der Waals surface area contributed by atoms with Gasteiger partial charge < -0.3 is 15.1 Å². The van der Waals surface area contributed by atoms with Gasteiger partial charge in [-0.1, -0.05) is 60.3 Å². The first-order chi connectivity index (χ1) is 15.2. The van der Waals surface area contributed by atoms with Crippen LogP contribution in [-0.4, -0.2) is 27.8 Å². The molecule has 0 saturated carbocycles. The van der Waals surface area contributed by atoms with Gasteiger partial charge in [0.2, 0.25) is 11.8 Å². The first-order valence-electron chi connectivity index (χ1n) is 9.46. The summed E-state index contributed by atoms with van der Waals surface area (Å²) in [5.74, 6) is -0.138. The Hall–Kier alpha value is -3.91. The van der Waals surface area contributed by atoms with Gasteiger partial charge >= 0.3 is 0 Å². The van der Waals surface area contributed by atoms with Crippen molar-refractivity contribution in [3.63, 3.8) is 0 Å². The highest BCUT2D eigenvalue weighted by molar-refractivity contribution is 7.99. The minimum atomic E-state index is -0.306. The molecule has 7 nitrogen and oxygen atoms in total. The minimum Gasteiger partial charge on any atom is -0.411 e. The fraction of sp³-hybridized carbons (Fsp3) is 0.0435. The lowest BCUT2D eigenvalue weighted by Crippen LogP contribution is -2.19. The quantitative estimate of drug-likeness (QED) is 0.412. The van der Waals surface area contributed by atoms with Crippen molar-refractivity contribution in [2.75, 3.05) is 16.4 Å². The number of aromatic nitrogens is 2. The molecule has 4 aromatic rings. The second-order valence-electron chi connectivity index (χ2n) is 6.44. The number of amides is 2. The summed E-state index contributed by atoms with van der Waals surface area (Å²) < 4.78 is 5.60. The van der Waals surface area contributed by atoms with Gasteiger partial charge in [0.15, 0.2) is 0 Å². The molecule has 0 spiro atoms. The summed E-state index contributed by atoms with van der Waals surface area (Å²) in [5.41, 5.74) is 2.28. The molecule has 0 bridgehead atoms. The maximum absolute atomic E-state index is 12.6. The van der Waals surface area contributed by atoms with Gasteiger partial charge in [-0.25, -0.2) is 0 Å². The Morgan fingerprint density at radius 3 is 2.26 bits per heavy atom. The molecule has 0 unspecified atom stereocenters. The van der Waals surface area contributed by atoms with Crippen LogP contribution in [0.25, 0.3) is 11.5 Å². The van der Waals surface area contributed by atoms with Crippen LogP contribution in [0.1, 0.15) is 10.4 Å². The summed E-state index contributed by atoms with van der Waals surface area (Å²) in [5, 5.41) is 13.9. The minimum absolute atomic E-state index is 0.0606. The Bertz CT molecular complexity index is 1180. The predicted molar refractivity (Wildman–Crippen MR) is 120 cm³/mol. The molecule has 1 aromatic heterocycles.